The van der Waals surface area contributed by atoms with Crippen LogP contribution in [-0.4, -0.2) is 35.4 Å². The smallest absolute Gasteiger partial charge is 0.256 e. The Balaban J connectivity index is 1.70. The number of aliphatic hydroxyl groups excluding tert-OH is 2. The fourth-order valence-corrected chi connectivity index (χ4v) is 3.95. The molecule has 0 radical (unpaired) electrons. The van der Waals surface area contributed by atoms with Crippen LogP contribution in [0.2, 0.25) is 0 Å². The van der Waals surface area contributed by atoms with Crippen molar-refractivity contribution in [3.8, 4) is 22.5 Å². The number of tetrazole rings is 1. The standard InChI is InChI=1S/C24H25N5O3/c1-2-5-22-18(14-30)12-19(15-31)24(32)29(22)13-16-8-10-17(11-9-16)20-6-3-4-7-21(20)23-25-27-28-26-23/h3-4,6-12,30-31H,2,5,13-15H2,1H3,(H,25,26,27,28). The van der Waals surface area contributed by atoms with E-state index in [1.54, 1.807) is 10.6 Å². The molecule has 2 aromatic carbocycles. The van der Waals surface area contributed by atoms with Gasteiger partial charge in [-0.25, -0.2) is 0 Å². The van der Waals surface area contributed by atoms with Gasteiger partial charge in [-0.3, -0.25) is 4.79 Å². The van der Waals surface area contributed by atoms with E-state index in [1.165, 1.54) is 0 Å². The van der Waals surface area contributed by atoms with Crippen LogP contribution in [0.1, 0.15) is 35.7 Å². The van der Waals surface area contributed by atoms with Crippen molar-refractivity contribution in [3.05, 3.63) is 87.3 Å². The second-order valence-electron chi connectivity index (χ2n) is 7.58. The first-order valence-corrected chi connectivity index (χ1v) is 10.5. The lowest BCUT2D eigenvalue weighted by Crippen LogP contribution is -2.29. The van der Waals surface area contributed by atoms with Crippen LogP contribution in [0.15, 0.2) is 59.4 Å². The summed E-state index contributed by atoms with van der Waals surface area (Å²) in [6.07, 6.45) is 1.52. The maximum atomic E-state index is 12.9. The Morgan fingerprint density at radius 3 is 2.31 bits per heavy atom. The van der Waals surface area contributed by atoms with Crippen molar-refractivity contribution in [1.82, 2.24) is 25.2 Å². The molecule has 0 aliphatic rings. The lowest BCUT2D eigenvalue weighted by Gasteiger charge is -2.18. The van der Waals surface area contributed by atoms with E-state index >= 15 is 0 Å². The van der Waals surface area contributed by atoms with Gasteiger partial charge in [0.05, 0.1) is 19.8 Å². The van der Waals surface area contributed by atoms with Gasteiger partial charge in [0.25, 0.3) is 5.56 Å². The quantitative estimate of drug-likeness (QED) is 0.395. The minimum Gasteiger partial charge on any atom is -0.392 e. The number of benzene rings is 2. The zero-order valence-electron chi connectivity index (χ0n) is 17.8. The number of H-pyrrole nitrogens is 1. The van der Waals surface area contributed by atoms with Crippen molar-refractivity contribution in [2.45, 2.75) is 39.5 Å². The second kappa shape index (κ2) is 9.67. The second-order valence-corrected chi connectivity index (χ2v) is 7.58. The van der Waals surface area contributed by atoms with Crippen molar-refractivity contribution in [1.29, 1.82) is 0 Å². The highest BCUT2D eigenvalue weighted by molar-refractivity contribution is 5.80. The van der Waals surface area contributed by atoms with Gasteiger partial charge in [0, 0.05) is 16.8 Å². The van der Waals surface area contributed by atoms with Crippen LogP contribution in [-0.2, 0) is 26.2 Å². The molecule has 0 saturated carbocycles. The molecule has 4 aromatic rings. The third-order valence-electron chi connectivity index (χ3n) is 5.51. The van der Waals surface area contributed by atoms with Crippen LogP contribution in [0, 0.1) is 0 Å². The summed E-state index contributed by atoms with van der Waals surface area (Å²) >= 11 is 0. The Morgan fingerprint density at radius 1 is 0.969 bits per heavy atom. The van der Waals surface area contributed by atoms with Crippen LogP contribution in [0.4, 0.5) is 0 Å². The zero-order chi connectivity index (χ0) is 22.5. The Bertz CT molecular complexity index is 1250. The number of aliphatic hydroxyl groups is 2. The number of nitrogens with zero attached hydrogens (tertiary/aromatic N) is 4. The van der Waals surface area contributed by atoms with E-state index < -0.39 is 0 Å². The molecule has 0 unspecified atom stereocenters. The molecule has 3 N–H and O–H groups in total. The first kappa shape index (κ1) is 21.6. The number of pyridine rings is 1. The highest BCUT2D eigenvalue weighted by Crippen LogP contribution is 2.29. The molecule has 2 heterocycles. The first-order chi connectivity index (χ1) is 15.7. The summed E-state index contributed by atoms with van der Waals surface area (Å²) in [5, 5.41) is 33.7. The zero-order valence-corrected chi connectivity index (χ0v) is 17.8. The number of hydrogen-bond acceptors (Lipinski definition) is 6. The minimum absolute atomic E-state index is 0.172. The molecule has 164 valence electrons. The van der Waals surface area contributed by atoms with Crippen LogP contribution in [0.3, 0.4) is 0 Å². The van der Waals surface area contributed by atoms with Gasteiger partial charge < -0.3 is 14.8 Å². The van der Waals surface area contributed by atoms with Gasteiger partial charge in [-0.05, 0) is 40.0 Å². The molecule has 2 aromatic heterocycles. The monoisotopic (exact) mass is 431 g/mol. The van der Waals surface area contributed by atoms with E-state index in [0.717, 1.165) is 34.4 Å². The Labute approximate surface area is 185 Å². The molecule has 0 saturated heterocycles. The van der Waals surface area contributed by atoms with Gasteiger partial charge in [-0.1, -0.05) is 61.9 Å². The van der Waals surface area contributed by atoms with E-state index in [0.29, 0.717) is 29.9 Å². The van der Waals surface area contributed by atoms with E-state index in [-0.39, 0.29) is 18.8 Å². The Hall–Kier alpha value is -3.62. The van der Waals surface area contributed by atoms with E-state index in [4.69, 9.17) is 0 Å². The predicted molar refractivity (Wildman–Crippen MR) is 121 cm³/mol. The van der Waals surface area contributed by atoms with Crippen molar-refractivity contribution in [2.75, 3.05) is 0 Å². The van der Waals surface area contributed by atoms with Gasteiger partial charge in [-0.15, -0.1) is 10.2 Å². The predicted octanol–water partition coefficient (Wildman–Crippen LogP) is 2.68. The normalized spacial score (nSPS) is 11.1. The van der Waals surface area contributed by atoms with Crippen molar-refractivity contribution < 1.29 is 10.2 Å². The van der Waals surface area contributed by atoms with Crippen molar-refractivity contribution in [2.24, 2.45) is 0 Å². The van der Waals surface area contributed by atoms with E-state index in [9.17, 15) is 15.0 Å². The molecular weight excluding hydrogens is 406 g/mol. The highest BCUT2D eigenvalue weighted by Gasteiger charge is 2.15. The third-order valence-corrected chi connectivity index (χ3v) is 5.51. The average Bonchev–Trinajstić information content (AvgIpc) is 3.37. The molecule has 0 fully saturated rings. The van der Waals surface area contributed by atoms with Gasteiger partial charge >= 0.3 is 0 Å². The van der Waals surface area contributed by atoms with E-state index in [1.807, 2.05) is 55.5 Å². The van der Waals surface area contributed by atoms with Gasteiger partial charge in [0.1, 0.15) is 0 Å². The van der Waals surface area contributed by atoms with Gasteiger partial charge in [-0.2, -0.15) is 5.21 Å². The molecule has 0 aliphatic heterocycles. The lowest BCUT2D eigenvalue weighted by molar-refractivity contribution is 0.270. The molecule has 0 amide bonds. The molecule has 0 atom stereocenters. The summed E-state index contributed by atoms with van der Waals surface area (Å²) in [4.78, 5) is 12.9. The van der Waals surface area contributed by atoms with Crippen LogP contribution in [0.25, 0.3) is 22.5 Å². The SMILES string of the molecule is CCCc1c(CO)cc(CO)c(=O)n1Cc1ccc(-c2ccccc2-c2nn[nH]n2)cc1. The molecule has 8 heteroatoms. The Morgan fingerprint density at radius 2 is 1.69 bits per heavy atom. The van der Waals surface area contributed by atoms with Crippen molar-refractivity contribution >= 4 is 0 Å². The maximum Gasteiger partial charge on any atom is 0.256 e. The summed E-state index contributed by atoms with van der Waals surface area (Å²) in [7, 11) is 0. The number of aromatic nitrogens is 5. The van der Waals surface area contributed by atoms with Crippen LogP contribution < -0.4 is 5.56 Å². The topological polar surface area (TPSA) is 117 Å². The molecular formula is C24H25N5O3. The molecule has 32 heavy (non-hydrogen) atoms. The molecule has 0 spiro atoms. The van der Waals surface area contributed by atoms with Crippen LogP contribution in [0.5, 0.6) is 0 Å². The summed E-state index contributed by atoms with van der Waals surface area (Å²) in [5.74, 6) is 0.526. The third kappa shape index (κ3) is 4.23. The summed E-state index contributed by atoms with van der Waals surface area (Å²) in [6.45, 7) is 1.87. The molecule has 8 nitrogen and oxygen atoms in total. The maximum absolute atomic E-state index is 12.9. The fraction of sp³-hybridized carbons (Fsp3) is 0.250. The first-order valence-electron chi connectivity index (χ1n) is 10.5. The summed E-state index contributed by atoms with van der Waals surface area (Å²) < 4.78 is 1.67. The van der Waals surface area contributed by atoms with Crippen LogP contribution >= 0.6 is 0 Å². The van der Waals surface area contributed by atoms with Gasteiger partial charge in [0.15, 0.2) is 0 Å². The highest BCUT2D eigenvalue weighted by atomic mass is 16.3. The molecule has 0 bridgehead atoms. The largest absolute Gasteiger partial charge is 0.392 e. The fourth-order valence-electron chi connectivity index (χ4n) is 3.95. The number of nitrogens with one attached hydrogen (secondary N) is 1. The summed E-state index contributed by atoms with van der Waals surface area (Å²) in [5.41, 5.74) is 5.36. The number of hydrogen-bond donors (Lipinski definition) is 3. The number of aromatic amines is 1. The molecule has 4 rings (SSSR count). The van der Waals surface area contributed by atoms with Crippen molar-refractivity contribution in [3.63, 3.8) is 0 Å². The lowest BCUT2D eigenvalue weighted by atomic mass is 9.98. The number of rotatable bonds is 8. The van der Waals surface area contributed by atoms with Gasteiger partial charge in [0.2, 0.25) is 5.82 Å². The molecule has 0 aliphatic carbocycles. The summed E-state index contributed by atoms with van der Waals surface area (Å²) in [6, 6.07) is 17.4. The average molecular weight is 431 g/mol. The Kier molecular flexibility index (Phi) is 6.53. The van der Waals surface area contributed by atoms with E-state index in [2.05, 4.69) is 20.6 Å². The minimum atomic E-state index is -0.357.